The van der Waals surface area contributed by atoms with Crippen LogP contribution in [0.2, 0.25) is 5.02 Å². The first-order chi connectivity index (χ1) is 14.3. The lowest BCUT2D eigenvalue weighted by Gasteiger charge is -2.10. The minimum absolute atomic E-state index is 0.01000. The first-order valence-electron chi connectivity index (χ1n) is 9.39. The SMILES string of the molecule is Cc1ccc(S(=O)(=O)Nc2ccc3c(c2)c(=O)[nH]n3CCc2ccccc2)c(Cl)c1. The van der Waals surface area contributed by atoms with E-state index in [2.05, 4.69) is 9.82 Å². The van der Waals surface area contributed by atoms with Gasteiger partial charge in [0.2, 0.25) is 0 Å². The number of rotatable bonds is 6. The molecule has 1 heterocycles. The summed E-state index contributed by atoms with van der Waals surface area (Å²) in [5.41, 5.74) is 2.77. The highest BCUT2D eigenvalue weighted by Gasteiger charge is 2.19. The summed E-state index contributed by atoms with van der Waals surface area (Å²) in [6.45, 7) is 2.44. The van der Waals surface area contributed by atoms with Gasteiger partial charge in [-0.25, -0.2) is 8.42 Å². The third-order valence-electron chi connectivity index (χ3n) is 4.86. The summed E-state index contributed by atoms with van der Waals surface area (Å²) in [4.78, 5) is 12.4. The summed E-state index contributed by atoms with van der Waals surface area (Å²) in [6.07, 6.45) is 0.765. The fourth-order valence-corrected chi connectivity index (χ4v) is 5.01. The van der Waals surface area contributed by atoms with E-state index in [9.17, 15) is 13.2 Å². The van der Waals surface area contributed by atoms with Crippen molar-refractivity contribution in [1.82, 2.24) is 9.78 Å². The number of nitrogens with zero attached hydrogens (tertiary/aromatic N) is 1. The molecule has 2 N–H and O–H groups in total. The summed E-state index contributed by atoms with van der Waals surface area (Å²) in [5.74, 6) is 0. The molecule has 0 saturated heterocycles. The van der Waals surface area contributed by atoms with Crippen LogP contribution in [0, 0.1) is 6.92 Å². The molecule has 4 rings (SSSR count). The molecule has 0 saturated carbocycles. The molecule has 1 aromatic heterocycles. The van der Waals surface area contributed by atoms with Crippen LogP contribution in [-0.4, -0.2) is 18.2 Å². The Balaban J connectivity index is 1.61. The maximum atomic E-state index is 12.7. The van der Waals surface area contributed by atoms with Gasteiger partial charge in [0.1, 0.15) is 4.90 Å². The van der Waals surface area contributed by atoms with E-state index in [1.165, 1.54) is 17.7 Å². The van der Waals surface area contributed by atoms with Crippen molar-refractivity contribution in [3.05, 3.63) is 93.2 Å². The smallest absolute Gasteiger partial charge is 0.272 e. The number of aryl methyl sites for hydroxylation is 3. The maximum Gasteiger partial charge on any atom is 0.272 e. The molecule has 3 aromatic carbocycles. The molecule has 0 spiro atoms. The van der Waals surface area contributed by atoms with E-state index in [1.807, 2.05) is 37.3 Å². The molecular formula is C22H20ClN3O3S. The number of fused-ring (bicyclic) bond motifs is 1. The van der Waals surface area contributed by atoms with Gasteiger partial charge in [-0.1, -0.05) is 48.0 Å². The molecule has 6 nitrogen and oxygen atoms in total. The Morgan fingerprint density at radius 1 is 1.03 bits per heavy atom. The molecule has 0 aliphatic rings. The van der Waals surface area contributed by atoms with Crippen LogP contribution in [0.15, 0.2) is 76.4 Å². The molecule has 8 heteroatoms. The van der Waals surface area contributed by atoms with Gasteiger partial charge in [0.15, 0.2) is 0 Å². The average molecular weight is 442 g/mol. The first-order valence-corrected chi connectivity index (χ1v) is 11.2. The molecule has 0 bridgehead atoms. The van der Waals surface area contributed by atoms with Gasteiger partial charge >= 0.3 is 0 Å². The van der Waals surface area contributed by atoms with Crippen LogP contribution in [0.3, 0.4) is 0 Å². The molecule has 154 valence electrons. The van der Waals surface area contributed by atoms with E-state index in [1.54, 1.807) is 28.9 Å². The normalized spacial score (nSPS) is 11.7. The molecule has 0 aliphatic carbocycles. The highest BCUT2D eigenvalue weighted by Crippen LogP contribution is 2.26. The first kappa shape index (κ1) is 20.3. The Morgan fingerprint density at radius 2 is 1.80 bits per heavy atom. The molecule has 0 aliphatic heterocycles. The third-order valence-corrected chi connectivity index (χ3v) is 6.73. The second-order valence-electron chi connectivity index (χ2n) is 7.10. The molecule has 0 unspecified atom stereocenters. The predicted molar refractivity (Wildman–Crippen MR) is 120 cm³/mol. The number of H-pyrrole nitrogens is 1. The number of aromatic nitrogens is 2. The predicted octanol–water partition coefficient (Wildman–Crippen LogP) is 4.33. The quantitative estimate of drug-likeness (QED) is 0.467. The van der Waals surface area contributed by atoms with Gasteiger partial charge in [-0.2, -0.15) is 0 Å². The highest BCUT2D eigenvalue weighted by molar-refractivity contribution is 7.92. The van der Waals surface area contributed by atoms with Crippen molar-refractivity contribution in [2.24, 2.45) is 0 Å². The lowest BCUT2D eigenvalue weighted by atomic mass is 10.1. The Hall–Kier alpha value is -3.03. The van der Waals surface area contributed by atoms with Crippen molar-refractivity contribution >= 4 is 38.2 Å². The van der Waals surface area contributed by atoms with E-state index in [4.69, 9.17) is 11.6 Å². The van der Waals surface area contributed by atoms with Crippen molar-refractivity contribution in [3.8, 4) is 0 Å². The zero-order valence-corrected chi connectivity index (χ0v) is 17.8. The Morgan fingerprint density at radius 3 is 2.53 bits per heavy atom. The van der Waals surface area contributed by atoms with Crippen LogP contribution in [-0.2, 0) is 23.0 Å². The molecule has 0 atom stereocenters. The van der Waals surface area contributed by atoms with Crippen LogP contribution in [0.25, 0.3) is 10.9 Å². The number of halogens is 1. The topological polar surface area (TPSA) is 84.0 Å². The average Bonchev–Trinajstić information content (AvgIpc) is 3.02. The highest BCUT2D eigenvalue weighted by atomic mass is 35.5. The summed E-state index contributed by atoms with van der Waals surface area (Å²) in [5, 5.41) is 3.38. The van der Waals surface area contributed by atoms with Crippen LogP contribution in [0.5, 0.6) is 0 Å². The van der Waals surface area contributed by atoms with Crippen molar-refractivity contribution in [1.29, 1.82) is 0 Å². The van der Waals surface area contributed by atoms with Gasteiger partial charge in [-0.3, -0.25) is 19.3 Å². The van der Waals surface area contributed by atoms with E-state index < -0.39 is 10.0 Å². The number of anilines is 1. The van der Waals surface area contributed by atoms with E-state index in [0.717, 1.165) is 12.0 Å². The van der Waals surface area contributed by atoms with Crippen LogP contribution < -0.4 is 10.3 Å². The zero-order chi connectivity index (χ0) is 21.3. The number of benzene rings is 3. The molecule has 4 aromatic rings. The standard InChI is InChI=1S/C22H20ClN3O3S/c1-15-7-10-21(19(23)13-15)30(28,29)25-17-8-9-20-18(14-17)22(27)24-26(20)12-11-16-5-3-2-4-6-16/h2-10,13-14,25H,11-12H2,1H3,(H,24,27). The minimum Gasteiger partial charge on any atom is -0.284 e. The lowest BCUT2D eigenvalue weighted by Crippen LogP contribution is -2.13. The summed E-state index contributed by atoms with van der Waals surface area (Å²) < 4.78 is 29.7. The van der Waals surface area contributed by atoms with Crippen LogP contribution >= 0.6 is 11.6 Å². The maximum absolute atomic E-state index is 12.7. The molecule has 30 heavy (non-hydrogen) atoms. The Labute approximate surface area is 179 Å². The van der Waals surface area contributed by atoms with Gasteiger partial charge in [0.05, 0.1) is 15.9 Å². The number of aromatic amines is 1. The number of sulfonamides is 1. The summed E-state index contributed by atoms with van der Waals surface area (Å²) in [6, 6.07) is 19.6. The van der Waals surface area contributed by atoms with Gasteiger partial charge in [-0.15, -0.1) is 0 Å². The fourth-order valence-electron chi connectivity index (χ4n) is 3.36. The summed E-state index contributed by atoms with van der Waals surface area (Å²) >= 11 is 6.11. The van der Waals surface area contributed by atoms with Crippen LogP contribution in [0.4, 0.5) is 5.69 Å². The summed E-state index contributed by atoms with van der Waals surface area (Å²) in [7, 11) is -3.88. The third kappa shape index (κ3) is 4.13. The number of hydrogen-bond donors (Lipinski definition) is 2. The largest absolute Gasteiger partial charge is 0.284 e. The Kier molecular flexibility index (Phi) is 5.40. The number of hydrogen-bond acceptors (Lipinski definition) is 3. The van der Waals surface area contributed by atoms with Crippen molar-refractivity contribution < 1.29 is 8.42 Å². The van der Waals surface area contributed by atoms with Gasteiger partial charge in [0, 0.05) is 12.2 Å². The van der Waals surface area contributed by atoms with E-state index in [-0.39, 0.29) is 15.5 Å². The minimum atomic E-state index is -3.88. The van der Waals surface area contributed by atoms with Crippen molar-refractivity contribution in [3.63, 3.8) is 0 Å². The second-order valence-corrected chi connectivity index (χ2v) is 9.16. The van der Waals surface area contributed by atoms with Gasteiger partial charge < -0.3 is 0 Å². The van der Waals surface area contributed by atoms with Gasteiger partial charge in [0.25, 0.3) is 15.6 Å². The molecule has 0 radical (unpaired) electrons. The molecule has 0 fully saturated rings. The van der Waals surface area contributed by atoms with E-state index in [0.29, 0.717) is 23.1 Å². The second kappa shape index (κ2) is 8.01. The lowest BCUT2D eigenvalue weighted by molar-refractivity contribution is 0.601. The number of nitrogens with one attached hydrogen (secondary N) is 2. The van der Waals surface area contributed by atoms with Crippen molar-refractivity contribution in [2.75, 3.05) is 4.72 Å². The Bertz CT molecular complexity index is 1380. The molecular weight excluding hydrogens is 422 g/mol. The van der Waals surface area contributed by atoms with Crippen molar-refractivity contribution in [2.45, 2.75) is 24.8 Å². The van der Waals surface area contributed by atoms with Crippen LogP contribution in [0.1, 0.15) is 11.1 Å². The van der Waals surface area contributed by atoms with Gasteiger partial charge in [-0.05, 0) is 54.8 Å². The molecule has 0 amide bonds. The van der Waals surface area contributed by atoms with E-state index >= 15 is 0 Å². The monoisotopic (exact) mass is 441 g/mol. The fraction of sp³-hybridized carbons (Fsp3) is 0.136. The zero-order valence-electron chi connectivity index (χ0n) is 16.2.